The lowest BCUT2D eigenvalue weighted by Gasteiger charge is -2.25. The van der Waals surface area contributed by atoms with Gasteiger partial charge in [-0.25, -0.2) is 9.97 Å². The van der Waals surface area contributed by atoms with Gasteiger partial charge in [-0.3, -0.25) is 4.79 Å². The van der Waals surface area contributed by atoms with E-state index in [4.69, 9.17) is 16.3 Å². The lowest BCUT2D eigenvalue weighted by molar-refractivity contribution is -0.157. The highest BCUT2D eigenvalue weighted by Gasteiger charge is 2.24. The second kappa shape index (κ2) is 5.81. The molecule has 0 amide bonds. The molecule has 2 heterocycles. The van der Waals surface area contributed by atoms with Gasteiger partial charge in [0.25, 0.3) is 0 Å². The van der Waals surface area contributed by atoms with Crippen LogP contribution in [0.25, 0.3) is 21.9 Å². The highest BCUT2D eigenvalue weighted by Crippen LogP contribution is 2.29. The van der Waals surface area contributed by atoms with E-state index in [-0.39, 0.29) is 5.97 Å². The van der Waals surface area contributed by atoms with Crippen LogP contribution >= 0.6 is 11.6 Å². The van der Waals surface area contributed by atoms with Crippen LogP contribution in [-0.4, -0.2) is 26.1 Å². The second-order valence-electron chi connectivity index (χ2n) is 6.08. The van der Waals surface area contributed by atoms with Crippen molar-refractivity contribution in [3.63, 3.8) is 0 Å². The predicted octanol–water partition coefficient (Wildman–Crippen LogP) is 3.97. The van der Waals surface area contributed by atoms with E-state index in [0.29, 0.717) is 23.6 Å². The first-order valence-corrected chi connectivity index (χ1v) is 7.90. The molecule has 2 aromatic heterocycles. The van der Waals surface area contributed by atoms with Crippen molar-refractivity contribution in [3.05, 3.63) is 35.7 Å². The Balaban J connectivity index is 2.10. The molecule has 0 spiro atoms. The molecule has 0 aliphatic carbocycles. The topological polar surface area (TPSA) is 57.0 Å². The van der Waals surface area contributed by atoms with Gasteiger partial charge in [-0.05, 0) is 19.9 Å². The number of hydrogen-bond acceptors (Lipinski definition) is 4. The fourth-order valence-corrected chi connectivity index (χ4v) is 2.92. The summed E-state index contributed by atoms with van der Waals surface area (Å²) < 4.78 is 7.48. The van der Waals surface area contributed by atoms with Crippen LogP contribution in [0.2, 0.25) is 5.15 Å². The number of carbonyl (C=O) groups excluding carboxylic acids is 1. The van der Waals surface area contributed by atoms with Gasteiger partial charge in [0.2, 0.25) is 0 Å². The minimum Gasteiger partial charge on any atom is -0.458 e. The Morgan fingerprint density at radius 2 is 2.09 bits per heavy atom. The molecule has 0 aliphatic rings. The average molecular weight is 332 g/mol. The summed E-state index contributed by atoms with van der Waals surface area (Å²) in [4.78, 5) is 20.4. The molecule has 6 heteroatoms. The third-order valence-electron chi connectivity index (χ3n) is 3.64. The van der Waals surface area contributed by atoms with E-state index in [0.717, 1.165) is 16.4 Å². The van der Waals surface area contributed by atoms with E-state index in [9.17, 15) is 4.79 Å². The summed E-state index contributed by atoms with van der Waals surface area (Å²) in [6.45, 7) is 6.04. The maximum Gasteiger partial charge on any atom is 0.306 e. The smallest absolute Gasteiger partial charge is 0.306 e. The Kier molecular flexibility index (Phi) is 3.98. The lowest BCUT2D eigenvalue weighted by atomic mass is 10.1. The van der Waals surface area contributed by atoms with Crippen molar-refractivity contribution < 1.29 is 9.53 Å². The maximum absolute atomic E-state index is 11.6. The summed E-state index contributed by atoms with van der Waals surface area (Å²) in [5, 5.41) is 1.35. The summed E-state index contributed by atoms with van der Waals surface area (Å²) in [5.41, 5.74) is 1.73. The summed E-state index contributed by atoms with van der Waals surface area (Å²) >= 11 is 6.26. The van der Waals surface area contributed by atoms with Gasteiger partial charge in [0.05, 0.1) is 23.9 Å². The van der Waals surface area contributed by atoms with E-state index in [2.05, 4.69) is 9.97 Å². The number of fused-ring (bicyclic) bond motifs is 3. The Bertz CT molecular complexity index is 886. The zero-order chi connectivity index (χ0) is 16.6. The van der Waals surface area contributed by atoms with Gasteiger partial charge < -0.3 is 9.30 Å². The molecule has 23 heavy (non-hydrogen) atoms. The first-order valence-electron chi connectivity index (χ1n) is 7.52. The fraction of sp³-hybridized carbons (Fsp3) is 0.353. The van der Waals surface area contributed by atoms with Crippen LogP contribution in [0.15, 0.2) is 30.6 Å². The standard InChI is InChI=1S/C17H18ClN3O2/c1-4-13(22)23-17(2,3)9-21-10-19-14-15(21)11-7-5-6-8-12(11)20-16(14)18/h5-8,10H,4,9H2,1-3H3. The van der Waals surface area contributed by atoms with Crippen LogP contribution in [0.4, 0.5) is 0 Å². The molecule has 3 rings (SSSR count). The van der Waals surface area contributed by atoms with Gasteiger partial charge in [0, 0.05) is 11.8 Å². The van der Waals surface area contributed by atoms with Gasteiger partial charge in [0.1, 0.15) is 11.1 Å². The first-order chi connectivity index (χ1) is 10.9. The molecule has 0 aliphatic heterocycles. The van der Waals surface area contributed by atoms with Crippen molar-refractivity contribution in [1.29, 1.82) is 0 Å². The Labute approximate surface area is 139 Å². The number of imidazole rings is 1. The van der Waals surface area contributed by atoms with Crippen molar-refractivity contribution in [3.8, 4) is 0 Å². The number of hydrogen-bond donors (Lipinski definition) is 0. The monoisotopic (exact) mass is 331 g/mol. The minimum atomic E-state index is -0.641. The Morgan fingerprint density at radius 3 is 2.83 bits per heavy atom. The van der Waals surface area contributed by atoms with Crippen LogP contribution < -0.4 is 0 Å². The molecule has 120 valence electrons. The number of para-hydroxylation sites is 1. The number of rotatable bonds is 4. The zero-order valence-electron chi connectivity index (χ0n) is 13.3. The van der Waals surface area contributed by atoms with Crippen molar-refractivity contribution in [2.75, 3.05) is 0 Å². The molecule has 0 bridgehead atoms. The number of aromatic nitrogens is 3. The molecular formula is C17H18ClN3O2. The molecule has 5 nitrogen and oxygen atoms in total. The van der Waals surface area contributed by atoms with Gasteiger partial charge >= 0.3 is 5.97 Å². The van der Waals surface area contributed by atoms with E-state index in [1.165, 1.54) is 0 Å². The predicted molar refractivity (Wildman–Crippen MR) is 90.5 cm³/mol. The van der Waals surface area contributed by atoms with Gasteiger partial charge in [-0.1, -0.05) is 36.7 Å². The molecule has 0 radical (unpaired) electrons. The van der Waals surface area contributed by atoms with E-state index >= 15 is 0 Å². The van der Waals surface area contributed by atoms with Crippen molar-refractivity contribution in [2.45, 2.75) is 39.3 Å². The number of benzene rings is 1. The summed E-state index contributed by atoms with van der Waals surface area (Å²) in [7, 11) is 0. The van der Waals surface area contributed by atoms with Crippen molar-refractivity contribution in [1.82, 2.24) is 14.5 Å². The SMILES string of the molecule is CCC(=O)OC(C)(C)Cn1cnc2c(Cl)nc3ccccc3c21. The number of carbonyl (C=O) groups is 1. The fourth-order valence-electron chi connectivity index (χ4n) is 2.69. The van der Waals surface area contributed by atoms with Gasteiger partial charge in [-0.2, -0.15) is 0 Å². The Hall–Kier alpha value is -2.14. The van der Waals surface area contributed by atoms with Crippen LogP contribution in [0.5, 0.6) is 0 Å². The van der Waals surface area contributed by atoms with E-state index in [1.54, 1.807) is 13.3 Å². The van der Waals surface area contributed by atoms with E-state index in [1.807, 2.05) is 42.7 Å². The largest absolute Gasteiger partial charge is 0.458 e. The number of pyridine rings is 1. The third kappa shape index (κ3) is 3.01. The van der Waals surface area contributed by atoms with E-state index < -0.39 is 5.60 Å². The van der Waals surface area contributed by atoms with Gasteiger partial charge in [0.15, 0.2) is 5.15 Å². The molecule has 0 atom stereocenters. The highest BCUT2D eigenvalue weighted by atomic mass is 35.5. The normalized spacial score (nSPS) is 12.0. The van der Waals surface area contributed by atoms with Crippen LogP contribution in [0.3, 0.4) is 0 Å². The number of halogens is 1. The summed E-state index contributed by atoms with van der Waals surface area (Å²) in [6.07, 6.45) is 2.07. The quantitative estimate of drug-likeness (QED) is 0.536. The van der Waals surface area contributed by atoms with Crippen molar-refractivity contribution >= 4 is 39.5 Å². The van der Waals surface area contributed by atoms with Gasteiger partial charge in [-0.15, -0.1) is 0 Å². The maximum atomic E-state index is 11.6. The highest BCUT2D eigenvalue weighted by molar-refractivity contribution is 6.35. The molecular weight excluding hydrogens is 314 g/mol. The first kappa shape index (κ1) is 15.7. The van der Waals surface area contributed by atoms with Crippen LogP contribution in [0, 0.1) is 0 Å². The zero-order valence-corrected chi connectivity index (χ0v) is 14.1. The van der Waals surface area contributed by atoms with Crippen LogP contribution in [-0.2, 0) is 16.1 Å². The lowest BCUT2D eigenvalue weighted by Crippen LogP contribution is -2.32. The molecule has 0 saturated carbocycles. The molecule has 3 aromatic rings. The molecule has 1 aromatic carbocycles. The van der Waals surface area contributed by atoms with Crippen molar-refractivity contribution in [2.24, 2.45) is 0 Å². The molecule has 0 unspecified atom stereocenters. The third-order valence-corrected chi connectivity index (χ3v) is 3.90. The average Bonchev–Trinajstić information content (AvgIpc) is 2.90. The number of nitrogens with zero attached hydrogens (tertiary/aromatic N) is 3. The molecule has 0 N–H and O–H groups in total. The second-order valence-corrected chi connectivity index (χ2v) is 6.43. The Morgan fingerprint density at radius 1 is 1.35 bits per heavy atom. The molecule has 0 fully saturated rings. The molecule has 0 saturated heterocycles. The van der Waals surface area contributed by atoms with Crippen LogP contribution in [0.1, 0.15) is 27.2 Å². The number of esters is 1. The minimum absolute atomic E-state index is 0.219. The number of ether oxygens (including phenoxy) is 1. The summed E-state index contributed by atoms with van der Waals surface area (Å²) in [5.74, 6) is -0.219. The summed E-state index contributed by atoms with van der Waals surface area (Å²) in [6, 6.07) is 7.78.